The summed E-state index contributed by atoms with van der Waals surface area (Å²) in [5, 5.41) is 0.379. The van der Waals surface area contributed by atoms with E-state index in [0.29, 0.717) is 17.5 Å². The fourth-order valence-corrected chi connectivity index (χ4v) is 3.89. The summed E-state index contributed by atoms with van der Waals surface area (Å²) < 4.78 is 30.9. The van der Waals surface area contributed by atoms with Gasteiger partial charge in [0.05, 0.1) is 23.1 Å². The van der Waals surface area contributed by atoms with Crippen molar-refractivity contribution in [3.8, 4) is 0 Å². The number of esters is 1. The van der Waals surface area contributed by atoms with Crippen LogP contribution in [0.1, 0.15) is 40.2 Å². The Kier molecular flexibility index (Phi) is 5.24. The first-order chi connectivity index (χ1) is 10.7. The maximum atomic E-state index is 14.2. The van der Waals surface area contributed by atoms with Crippen LogP contribution in [0.3, 0.4) is 0 Å². The van der Waals surface area contributed by atoms with Gasteiger partial charge in [0.1, 0.15) is 5.82 Å². The molecule has 0 amide bonds. The van der Waals surface area contributed by atoms with Gasteiger partial charge in [0, 0.05) is 6.08 Å². The van der Waals surface area contributed by atoms with Crippen molar-refractivity contribution in [3.63, 3.8) is 0 Å². The van der Waals surface area contributed by atoms with Gasteiger partial charge in [0.2, 0.25) is 8.38 Å². The Morgan fingerprint density at radius 2 is 1.87 bits per heavy atom. The zero-order valence-electron chi connectivity index (χ0n) is 14.1. The van der Waals surface area contributed by atoms with E-state index in [0.717, 1.165) is 0 Å². The minimum absolute atomic E-state index is 0.314. The molecule has 1 aromatic carbocycles. The first-order valence-corrected chi connectivity index (χ1v) is 8.67. The number of carbonyl (C=O) groups is 1. The zero-order chi connectivity index (χ0) is 17.3. The van der Waals surface area contributed by atoms with Gasteiger partial charge in [-0.1, -0.05) is 6.07 Å². The van der Waals surface area contributed by atoms with Crippen molar-refractivity contribution >= 4 is 25.7 Å². The van der Waals surface area contributed by atoms with Gasteiger partial charge < -0.3 is 13.8 Å². The number of ether oxygens (including phenoxy) is 1. The average molecular weight is 340 g/mol. The molecule has 1 aromatic rings. The van der Waals surface area contributed by atoms with Crippen molar-refractivity contribution in [3.05, 3.63) is 35.7 Å². The highest BCUT2D eigenvalue weighted by atomic mass is 31.2. The second-order valence-electron chi connectivity index (χ2n) is 6.26. The van der Waals surface area contributed by atoms with Crippen LogP contribution in [0.5, 0.6) is 0 Å². The Bertz CT molecular complexity index is 609. The number of carbonyl (C=O) groups excluding carboxylic acids is 1. The summed E-state index contributed by atoms with van der Waals surface area (Å²) in [5.41, 5.74) is -0.337. The summed E-state index contributed by atoms with van der Waals surface area (Å²) in [4.78, 5) is 11.4. The lowest BCUT2D eigenvalue weighted by Gasteiger charge is -2.29. The van der Waals surface area contributed by atoms with Crippen molar-refractivity contribution in [1.82, 2.24) is 0 Å². The Labute approximate surface area is 137 Å². The van der Waals surface area contributed by atoms with E-state index < -0.39 is 25.5 Å². The molecule has 1 heterocycles. The summed E-state index contributed by atoms with van der Waals surface area (Å²) in [7, 11) is -1.51. The first-order valence-electron chi connectivity index (χ1n) is 7.49. The van der Waals surface area contributed by atoms with Crippen LogP contribution in [0.2, 0.25) is 0 Å². The maximum absolute atomic E-state index is 14.2. The molecule has 1 aliphatic heterocycles. The molecule has 0 spiro atoms. The van der Waals surface area contributed by atoms with Gasteiger partial charge in [-0.2, -0.15) is 0 Å². The molecule has 1 saturated heterocycles. The quantitative estimate of drug-likeness (QED) is 0.473. The average Bonchev–Trinajstić information content (AvgIpc) is 2.66. The molecule has 0 bridgehead atoms. The van der Waals surface area contributed by atoms with Crippen molar-refractivity contribution < 1.29 is 23.0 Å². The number of halogens is 1. The number of hydrogen-bond acceptors (Lipinski definition) is 4. The van der Waals surface area contributed by atoms with Gasteiger partial charge in [0.25, 0.3) is 0 Å². The van der Waals surface area contributed by atoms with Crippen LogP contribution >= 0.6 is 8.38 Å². The predicted octanol–water partition coefficient (Wildman–Crippen LogP) is 3.94. The minimum atomic E-state index is -1.51. The second kappa shape index (κ2) is 6.68. The third-order valence-corrected chi connectivity index (χ3v) is 5.92. The molecular formula is C17H22FO4P. The van der Waals surface area contributed by atoms with Crippen LogP contribution in [0.4, 0.5) is 4.39 Å². The summed E-state index contributed by atoms with van der Waals surface area (Å²) >= 11 is 0. The topological polar surface area (TPSA) is 44.8 Å². The summed E-state index contributed by atoms with van der Waals surface area (Å²) in [6, 6.07) is 4.60. The number of hydrogen-bond donors (Lipinski definition) is 0. The lowest BCUT2D eigenvalue weighted by atomic mass is 9.90. The SMILES string of the molecule is CCOC(=O)/C=C/c1ccc(F)c(P2OC(C)(C)C(C)(C)O2)c1. The van der Waals surface area contributed by atoms with Gasteiger partial charge in [-0.3, -0.25) is 0 Å². The van der Waals surface area contributed by atoms with Crippen LogP contribution in [0.15, 0.2) is 24.3 Å². The molecule has 0 aromatic heterocycles. The third-order valence-electron chi connectivity index (χ3n) is 3.94. The maximum Gasteiger partial charge on any atom is 0.330 e. The summed E-state index contributed by atoms with van der Waals surface area (Å²) in [6.45, 7) is 9.77. The van der Waals surface area contributed by atoms with Crippen LogP contribution in [0, 0.1) is 5.82 Å². The number of benzene rings is 1. The van der Waals surface area contributed by atoms with Crippen LogP contribution in [-0.4, -0.2) is 23.8 Å². The highest BCUT2D eigenvalue weighted by Gasteiger charge is 2.50. The lowest BCUT2D eigenvalue weighted by molar-refractivity contribution is -0.137. The third kappa shape index (κ3) is 3.97. The van der Waals surface area contributed by atoms with E-state index in [2.05, 4.69) is 0 Å². The molecule has 0 saturated carbocycles. The number of rotatable bonds is 4. The molecule has 0 radical (unpaired) electrons. The van der Waals surface area contributed by atoms with E-state index in [1.807, 2.05) is 27.7 Å². The molecule has 126 valence electrons. The van der Waals surface area contributed by atoms with Crippen molar-refractivity contribution in [2.75, 3.05) is 6.61 Å². The van der Waals surface area contributed by atoms with Gasteiger partial charge in [-0.15, -0.1) is 0 Å². The molecule has 23 heavy (non-hydrogen) atoms. The molecular weight excluding hydrogens is 318 g/mol. The molecule has 4 nitrogen and oxygen atoms in total. The van der Waals surface area contributed by atoms with Crippen LogP contribution < -0.4 is 5.30 Å². The van der Waals surface area contributed by atoms with Gasteiger partial charge >= 0.3 is 5.97 Å². The highest BCUT2D eigenvalue weighted by Crippen LogP contribution is 2.57. The van der Waals surface area contributed by atoms with Crippen LogP contribution in [0.25, 0.3) is 6.08 Å². The smallest absolute Gasteiger partial charge is 0.330 e. The molecule has 2 rings (SSSR count). The lowest BCUT2D eigenvalue weighted by Crippen LogP contribution is -2.41. The molecule has 1 fully saturated rings. The van der Waals surface area contributed by atoms with Gasteiger partial charge in [0.15, 0.2) is 0 Å². The fraction of sp³-hybridized carbons (Fsp3) is 0.471. The zero-order valence-corrected chi connectivity index (χ0v) is 14.9. The monoisotopic (exact) mass is 340 g/mol. The molecule has 0 atom stereocenters. The summed E-state index contributed by atoms with van der Waals surface area (Å²) in [5.74, 6) is -0.808. The standard InChI is InChI=1S/C17H22FO4P/c1-6-20-15(19)10-8-12-7-9-13(18)14(11-12)23-21-16(2,3)17(4,5)22-23/h7-11H,6H2,1-5H3/b10-8+. The molecule has 1 aliphatic rings. The van der Waals surface area contributed by atoms with E-state index >= 15 is 0 Å². The van der Waals surface area contributed by atoms with Crippen LogP contribution in [-0.2, 0) is 18.6 Å². The molecule has 0 N–H and O–H groups in total. The highest BCUT2D eigenvalue weighted by molar-refractivity contribution is 7.56. The van der Waals surface area contributed by atoms with Crippen molar-refractivity contribution in [2.45, 2.75) is 45.8 Å². The van der Waals surface area contributed by atoms with Gasteiger partial charge in [-0.25, -0.2) is 9.18 Å². The fourth-order valence-electron chi connectivity index (χ4n) is 1.88. The van der Waals surface area contributed by atoms with Gasteiger partial charge in [-0.05, 0) is 58.4 Å². The largest absolute Gasteiger partial charge is 0.463 e. The second-order valence-corrected chi connectivity index (χ2v) is 7.62. The summed E-state index contributed by atoms with van der Waals surface area (Å²) in [6.07, 6.45) is 2.90. The van der Waals surface area contributed by atoms with Crippen molar-refractivity contribution in [1.29, 1.82) is 0 Å². The van der Waals surface area contributed by atoms with E-state index in [9.17, 15) is 9.18 Å². The Hall–Kier alpha value is -1.29. The van der Waals surface area contributed by atoms with E-state index in [-0.39, 0.29) is 5.82 Å². The predicted molar refractivity (Wildman–Crippen MR) is 88.9 cm³/mol. The minimum Gasteiger partial charge on any atom is -0.463 e. The van der Waals surface area contributed by atoms with Crippen molar-refractivity contribution in [2.24, 2.45) is 0 Å². The molecule has 0 unspecified atom stereocenters. The Balaban J connectivity index is 2.24. The van der Waals surface area contributed by atoms with E-state index in [1.165, 1.54) is 12.1 Å². The molecule has 6 heteroatoms. The first kappa shape index (κ1) is 18.1. The molecule has 0 aliphatic carbocycles. The Morgan fingerprint density at radius 3 is 2.43 bits per heavy atom. The normalized spacial score (nSPS) is 20.1. The van der Waals surface area contributed by atoms with E-state index in [1.54, 1.807) is 25.1 Å². The Morgan fingerprint density at radius 1 is 1.26 bits per heavy atom. The van der Waals surface area contributed by atoms with E-state index in [4.69, 9.17) is 13.8 Å².